The summed E-state index contributed by atoms with van der Waals surface area (Å²) >= 11 is 0. The van der Waals surface area contributed by atoms with Crippen LogP contribution in [0.15, 0.2) is 47.4 Å². The van der Waals surface area contributed by atoms with E-state index in [0.717, 1.165) is 11.6 Å². The molecule has 0 amide bonds. The number of hydrogen-bond donors (Lipinski definition) is 2. The Labute approximate surface area is 132 Å². The van der Waals surface area contributed by atoms with Crippen LogP contribution in [0, 0.1) is 5.82 Å². The third-order valence-electron chi connectivity index (χ3n) is 3.89. The van der Waals surface area contributed by atoms with Crippen molar-refractivity contribution >= 4 is 16.0 Å². The number of aromatic carboxylic acids is 1. The molecule has 0 saturated heterocycles. The van der Waals surface area contributed by atoms with Crippen LogP contribution < -0.4 is 4.72 Å². The lowest BCUT2D eigenvalue weighted by molar-refractivity contribution is 0.0696. The molecule has 0 saturated carbocycles. The van der Waals surface area contributed by atoms with Gasteiger partial charge in [-0.1, -0.05) is 18.2 Å². The van der Waals surface area contributed by atoms with E-state index in [2.05, 4.69) is 4.72 Å². The number of aryl methyl sites for hydroxylation is 1. The maximum absolute atomic E-state index is 13.7. The highest BCUT2D eigenvalue weighted by molar-refractivity contribution is 7.89. The Kier molecular flexibility index (Phi) is 3.91. The fourth-order valence-electron chi connectivity index (χ4n) is 2.77. The highest BCUT2D eigenvalue weighted by Crippen LogP contribution is 2.33. The number of sulfonamides is 1. The number of rotatable bonds is 4. The predicted molar refractivity (Wildman–Crippen MR) is 81.2 cm³/mol. The van der Waals surface area contributed by atoms with Gasteiger partial charge in [0.25, 0.3) is 0 Å². The summed E-state index contributed by atoms with van der Waals surface area (Å²) in [6, 6.07) is 9.24. The van der Waals surface area contributed by atoms with Crippen LogP contribution in [0.3, 0.4) is 0 Å². The second-order valence-electron chi connectivity index (χ2n) is 5.36. The Morgan fingerprint density at radius 3 is 2.65 bits per heavy atom. The molecule has 1 aliphatic carbocycles. The molecule has 2 aromatic carbocycles. The minimum absolute atomic E-state index is 0.0979. The molecule has 2 N–H and O–H groups in total. The van der Waals surface area contributed by atoms with Crippen LogP contribution in [0.4, 0.5) is 4.39 Å². The van der Waals surface area contributed by atoms with Gasteiger partial charge in [-0.25, -0.2) is 22.3 Å². The van der Waals surface area contributed by atoms with Crippen molar-refractivity contribution in [2.45, 2.75) is 23.8 Å². The first-order valence-electron chi connectivity index (χ1n) is 7.01. The molecule has 120 valence electrons. The van der Waals surface area contributed by atoms with Crippen LogP contribution in [0.1, 0.15) is 33.9 Å². The Morgan fingerprint density at radius 2 is 1.96 bits per heavy atom. The maximum Gasteiger partial charge on any atom is 0.335 e. The molecular formula is C16H14FNO4S. The number of carboxylic acid groups (broad SMARTS) is 1. The standard InChI is InChI=1S/C16H14FNO4S/c17-13-3-1-2-4-15(13)23(21,22)18-14-8-7-10-5-6-11(16(19)20)9-12(10)14/h1-6,9,14,18H,7-8H2,(H,19,20). The van der Waals surface area contributed by atoms with Gasteiger partial charge in [0, 0.05) is 6.04 Å². The zero-order valence-electron chi connectivity index (χ0n) is 12.0. The second-order valence-corrected chi connectivity index (χ2v) is 7.04. The number of benzene rings is 2. The molecule has 7 heteroatoms. The third kappa shape index (κ3) is 2.97. The van der Waals surface area contributed by atoms with Crippen molar-refractivity contribution in [3.8, 4) is 0 Å². The maximum atomic E-state index is 13.7. The average molecular weight is 335 g/mol. The minimum atomic E-state index is -4.02. The first-order chi connectivity index (χ1) is 10.9. The van der Waals surface area contributed by atoms with E-state index in [1.165, 1.54) is 30.3 Å². The van der Waals surface area contributed by atoms with Gasteiger partial charge in [-0.2, -0.15) is 0 Å². The van der Waals surface area contributed by atoms with Gasteiger partial charge in [-0.3, -0.25) is 0 Å². The number of nitrogens with one attached hydrogen (secondary N) is 1. The predicted octanol–water partition coefficient (Wildman–Crippen LogP) is 2.49. The minimum Gasteiger partial charge on any atom is -0.478 e. The largest absolute Gasteiger partial charge is 0.478 e. The van der Waals surface area contributed by atoms with Crippen molar-refractivity contribution in [2.75, 3.05) is 0 Å². The van der Waals surface area contributed by atoms with E-state index >= 15 is 0 Å². The van der Waals surface area contributed by atoms with Crippen LogP contribution in [0.25, 0.3) is 0 Å². The highest BCUT2D eigenvalue weighted by atomic mass is 32.2. The summed E-state index contributed by atoms with van der Waals surface area (Å²) in [5, 5.41) is 9.06. The number of halogens is 1. The summed E-state index contributed by atoms with van der Waals surface area (Å²) in [7, 11) is -4.02. The molecule has 5 nitrogen and oxygen atoms in total. The van der Waals surface area contributed by atoms with Crippen LogP contribution in [-0.2, 0) is 16.4 Å². The fourth-order valence-corrected chi connectivity index (χ4v) is 4.10. The molecular weight excluding hydrogens is 321 g/mol. The van der Waals surface area contributed by atoms with Crippen LogP contribution >= 0.6 is 0 Å². The second kappa shape index (κ2) is 5.75. The molecule has 2 aromatic rings. The van der Waals surface area contributed by atoms with Gasteiger partial charge in [0.05, 0.1) is 5.56 Å². The normalized spacial score (nSPS) is 17.0. The fraction of sp³-hybridized carbons (Fsp3) is 0.188. The zero-order valence-corrected chi connectivity index (χ0v) is 12.8. The summed E-state index contributed by atoms with van der Waals surface area (Å²) < 4.78 is 40.9. The lowest BCUT2D eigenvalue weighted by Crippen LogP contribution is -2.28. The summed E-state index contributed by atoms with van der Waals surface area (Å²) in [6.45, 7) is 0. The molecule has 3 rings (SSSR count). The monoisotopic (exact) mass is 335 g/mol. The lowest BCUT2D eigenvalue weighted by atomic mass is 10.0. The van der Waals surface area contributed by atoms with E-state index in [0.29, 0.717) is 18.4 Å². The zero-order chi connectivity index (χ0) is 16.6. The number of carbonyl (C=O) groups is 1. The molecule has 0 fully saturated rings. The van der Waals surface area contributed by atoms with Gasteiger partial charge in [-0.15, -0.1) is 0 Å². The molecule has 0 heterocycles. The number of fused-ring (bicyclic) bond motifs is 1. The average Bonchev–Trinajstić information content (AvgIpc) is 2.89. The Bertz CT molecular complexity index is 879. The molecule has 0 spiro atoms. The van der Waals surface area contributed by atoms with Crippen molar-refractivity contribution < 1.29 is 22.7 Å². The van der Waals surface area contributed by atoms with E-state index in [-0.39, 0.29) is 5.56 Å². The molecule has 1 unspecified atom stereocenters. The molecule has 23 heavy (non-hydrogen) atoms. The van der Waals surface area contributed by atoms with E-state index in [4.69, 9.17) is 5.11 Å². The van der Waals surface area contributed by atoms with Crippen molar-refractivity contribution in [2.24, 2.45) is 0 Å². The smallest absolute Gasteiger partial charge is 0.335 e. The van der Waals surface area contributed by atoms with Crippen LogP contribution in [0.2, 0.25) is 0 Å². The number of carboxylic acids is 1. The van der Waals surface area contributed by atoms with Gasteiger partial charge in [0.2, 0.25) is 10.0 Å². The molecule has 0 aliphatic heterocycles. The highest BCUT2D eigenvalue weighted by Gasteiger charge is 2.29. The van der Waals surface area contributed by atoms with E-state index < -0.39 is 32.7 Å². The van der Waals surface area contributed by atoms with Crippen molar-refractivity contribution in [1.82, 2.24) is 4.72 Å². The van der Waals surface area contributed by atoms with Gasteiger partial charge in [0.15, 0.2) is 0 Å². The number of hydrogen-bond acceptors (Lipinski definition) is 3. The molecule has 1 aliphatic rings. The van der Waals surface area contributed by atoms with Gasteiger partial charge in [0.1, 0.15) is 10.7 Å². The van der Waals surface area contributed by atoms with Crippen molar-refractivity contribution in [3.05, 3.63) is 65.0 Å². The Balaban J connectivity index is 1.93. The van der Waals surface area contributed by atoms with Crippen LogP contribution in [-0.4, -0.2) is 19.5 Å². The summed E-state index contributed by atoms with van der Waals surface area (Å²) in [5.74, 6) is -1.90. The van der Waals surface area contributed by atoms with E-state index in [9.17, 15) is 17.6 Å². The third-order valence-corrected chi connectivity index (χ3v) is 5.40. The molecule has 1 atom stereocenters. The molecule has 0 radical (unpaired) electrons. The quantitative estimate of drug-likeness (QED) is 0.899. The summed E-state index contributed by atoms with van der Waals surface area (Å²) in [4.78, 5) is 10.7. The topological polar surface area (TPSA) is 83.5 Å². The SMILES string of the molecule is O=C(O)c1ccc2c(c1)C(NS(=O)(=O)c1ccccc1F)CC2. The summed E-state index contributed by atoms with van der Waals surface area (Å²) in [5.41, 5.74) is 1.63. The first kappa shape index (κ1) is 15.6. The van der Waals surface area contributed by atoms with Crippen molar-refractivity contribution in [3.63, 3.8) is 0 Å². The molecule has 0 aromatic heterocycles. The molecule has 0 bridgehead atoms. The lowest BCUT2D eigenvalue weighted by Gasteiger charge is -2.15. The van der Waals surface area contributed by atoms with Gasteiger partial charge in [-0.05, 0) is 48.2 Å². The van der Waals surface area contributed by atoms with Gasteiger partial charge >= 0.3 is 5.97 Å². The summed E-state index contributed by atoms with van der Waals surface area (Å²) in [6.07, 6.45) is 1.14. The van der Waals surface area contributed by atoms with E-state index in [1.54, 1.807) is 6.07 Å². The Hall–Kier alpha value is -2.25. The Morgan fingerprint density at radius 1 is 1.22 bits per heavy atom. The van der Waals surface area contributed by atoms with Crippen molar-refractivity contribution in [1.29, 1.82) is 0 Å². The van der Waals surface area contributed by atoms with E-state index in [1.807, 2.05) is 0 Å². The first-order valence-corrected chi connectivity index (χ1v) is 8.50. The van der Waals surface area contributed by atoms with Crippen LogP contribution in [0.5, 0.6) is 0 Å². The van der Waals surface area contributed by atoms with Gasteiger partial charge < -0.3 is 5.11 Å².